The van der Waals surface area contributed by atoms with Crippen LogP contribution >= 0.6 is 23.2 Å². The summed E-state index contributed by atoms with van der Waals surface area (Å²) in [6.45, 7) is 4.48. The molecule has 0 unspecified atom stereocenters. The first-order chi connectivity index (χ1) is 9.51. The molecule has 4 nitrogen and oxygen atoms in total. The lowest BCUT2D eigenvalue weighted by atomic mass is 10.1. The van der Waals surface area contributed by atoms with Crippen LogP contribution in [0.5, 0.6) is 0 Å². The summed E-state index contributed by atoms with van der Waals surface area (Å²) in [5.41, 5.74) is 0.849. The molecule has 0 fully saturated rings. The molecule has 0 aromatic heterocycles. The van der Waals surface area contributed by atoms with Gasteiger partial charge in [-0.1, -0.05) is 36.2 Å². The summed E-state index contributed by atoms with van der Waals surface area (Å²) in [5.74, 6) is 0.618. The Hall–Kier alpha value is -1.52. The topological polar surface area (TPSA) is 44.7 Å². The van der Waals surface area contributed by atoms with Gasteiger partial charge in [-0.25, -0.2) is 0 Å². The fourth-order valence-corrected chi connectivity index (χ4v) is 2.18. The number of nitrogens with zero attached hydrogens (tertiary/aromatic N) is 2. The van der Waals surface area contributed by atoms with Gasteiger partial charge in [-0.05, 0) is 31.2 Å². The molecule has 20 heavy (non-hydrogen) atoms. The van der Waals surface area contributed by atoms with E-state index in [0.29, 0.717) is 22.4 Å². The van der Waals surface area contributed by atoms with Crippen molar-refractivity contribution in [1.29, 1.82) is 0 Å². The summed E-state index contributed by atoms with van der Waals surface area (Å²) in [4.78, 5) is 11.6. The number of nitrogens with one attached hydrogen (secondary N) is 1. The minimum Gasteiger partial charge on any atom is -0.309 e. The average Bonchev–Trinajstić information content (AvgIpc) is 2.74. The molecule has 1 aromatic rings. The van der Waals surface area contributed by atoms with Gasteiger partial charge in [0.15, 0.2) is 0 Å². The zero-order valence-corrected chi connectivity index (χ0v) is 12.7. The summed E-state index contributed by atoms with van der Waals surface area (Å²) < 4.78 is 0. The molecule has 106 valence electrons. The van der Waals surface area contributed by atoms with Crippen LogP contribution in [0.25, 0.3) is 0 Å². The van der Waals surface area contributed by atoms with Crippen molar-refractivity contribution in [3.05, 3.63) is 40.4 Å². The van der Waals surface area contributed by atoms with E-state index in [1.807, 2.05) is 13.0 Å². The number of anilines is 1. The molecular formula is C14H15Cl2N3O. The fraction of sp³-hybridized carbons (Fsp3) is 0.286. The number of hydrogen-bond acceptors (Lipinski definition) is 3. The van der Waals surface area contributed by atoms with Gasteiger partial charge in [-0.3, -0.25) is 9.80 Å². The first-order valence-corrected chi connectivity index (χ1v) is 7.01. The van der Waals surface area contributed by atoms with E-state index in [1.54, 1.807) is 30.1 Å². The molecule has 1 aliphatic rings. The van der Waals surface area contributed by atoms with Gasteiger partial charge in [-0.2, -0.15) is 5.10 Å². The number of halogens is 2. The molecule has 1 atom stereocenters. The molecular weight excluding hydrogens is 297 g/mol. The lowest BCUT2D eigenvalue weighted by molar-refractivity contribution is -0.115. The van der Waals surface area contributed by atoms with Gasteiger partial charge in [0, 0.05) is 5.92 Å². The summed E-state index contributed by atoms with van der Waals surface area (Å²) in [7, 11) is 0. The molecule has 0 saturated heterocycles. The van der Waals surface area contributed by atoms with Crippen LogP contribution in [0.2, 0.25) is 10.0 Å². The number of hydrazone groups is 1. The third kappa shape index (κ3) is 3.32. The second-order valence-corrected chi connectivity index (χ2v) is 5.37. The highest BCUT2D eigenvalue weighted by molar-refractivity contribution is 6.42. The van der Waals surface area contributed by atoms with E-state index < -0.39 is 0 Å². The van der Waals surface area contributed by atoms with Crippen LogP contribution < -0.4 is 10.3 Å². The van der Waals surface area contributed by atoms with Crippen LogP contribution in [-0.4, -0.2) is 18.3 Å². The molecule has 0 radical (unpaired) electrons. The van der Waals surface area contributed by atoms with Crippen molar-refractivity contribution in [3.8, 4) is 0 Å². The Morgan fingerprint density at radius 3 is 2.85 bits per heavy atom. The Morgan fingerprint density at radius 2 is 2.20 bits per heavy atom. The number of carbonyl (C=O) groups is 1. The predicted molar refractivity (Wildman–Crippen MR) is 83.4 cm³/mol. The van der Waals surface area contributed by atoms with E-state index in [9.17, 15) is 4.79 Å². The van der Waals surface area contributed by atoms with Crippen molar-refractivity contribution in [1.82, 2.24) is 5.32 Å². The number of hydrogen-bond donors (Lipinski definition) is 1. The third-order valence-electron chi connectivity index (χ3n) is 2.91. The molecule has 2 rings (SSSR count). The van der Waals surface area contributed by atoms with Crippen LogP contribution in [0.3, 0.4) is 0 Å². The predicted octanol–water partition coefficient (Wildman–Crippen LogP) is 3.46. The van der Waals surface area contributed by atoms with Crippen molar-refractivity contribution in [2.75, 3.05) is 11.6 Å². The molecule has 0 spiro atoms. The Morgan fingerprint density at radius 1 is 1.45 bits per heavy atom. The first kappa shape index (κ1) is 14.9. The number of amides is 1. The van der Waals surface area contributed by atoms with Crippen LogP contribution in [0.1, 0.15) is 13.8 Å². The number of benzene rings is 1. The first-order valence-electron chi connectivity index (χ1n) is 6.26. The monoisotopic (exact) mass is 311 g/mol. The van der Waals surface area contributed by atoms with E-state index in [-0.39, 0.29) is 11.8 Å². The van der Waals surface area contributed by atoms with Crippen LogP contribution in [-0.2, 0) is 4.79 Å². The molecule has 1 N–H and O–H groups in total. The van der Waals surface area contributed by atoms with E-state index in [2.05, 4.69) is 10.4 Å². The van der Waals surface area contributed by atoms with Crippen molar-refractivity contribution in [3.63, 3.8) is 0 Å². The van der Waals surface area contributed by atoms with Crippen molar-refractivity contribution >= 4 is 40.6 Å². The van der Waals surface area contributed by atoms with Gasteiger partial charge in [0.1, 0.15) is 5.84 Å². The molecule has 1 aromatic carbocycles. The van der Waals surface area contributed by atoms with Crippen molar-refractivity contribution in [2.24, 2.45) is 11.0 Å². The highest BCUT2D eigenvalue weighted by Gasteiger charge is 2.25. The lowest BCUT2D eigenvalue weighted by Crippen LogP contribution is -2.32. The summed E-state index contributed by atoms with van der Waals surface area (Å²) in [6.07, 6.45) is 3.16. The van der Waals surface area contributed by atoms with Crippen LogP contribution in [0.15, 0.2) is 35.5 Å². The van der Waals surface area contributed by atoms with Crippen molar-refractivity contribution < 1.29 is 4.79 Å². The van der Waals surface area contributed by atoms with Gasteiger partial charge in [0.05, 0.1) is 22.3 Å². The third-order valence-corrected chi connectivity index (χ3v) is 3.65. The highest BCUT2D eigenvalue weighted by Crippen LogP contribution is 2.29. The van der Waals surface area contributed by atoms with Gasteiger partial charge < -0.3 is 5.32 Å². The average molecular weight is 312 g/mol. The number of rotatable bonds is 2. The molecule has 1 amide bonds. The lowest BCUT2D eigenvalue weighted by Gasteiger charge is -2.14. The summed E-state index contributed by atoms with van der Waals surface area (Å²) in [5, 5.41) is 9.99. The molecule has 0 bridgehead atoms. The molecule has 1 heterocycles. The van der Waals surface area contributed by atoms with Gasteiger partial charge in [0.25, 0.3) is 0 Å². The second-order valence-electron chi connectivity index (χ2n) is 4.56. The summed E-state index contributed by atoms with van der Waals surface area (Å²) >= 11 is 11.9. The van der Waals surface area contributed by atoms with Crippen LogP contribution in [0, 0.1) is 5.92 Å². The number of amidine groups is 1. The van der Waals surface area contributed by atoms with E-state index in [1.165, 1.54) is 6.08 Å². The largest absolute Gasteiger partial charge is 0.309 e. The quantitative estimate of drug-likeness (QED) is 0.850. The molecule has 6 heteroatoms. The van der Waals surface area contributed by atoms with Gasteiger partial charge >= 0.3 is 0 Å². The SMILES string of the molecule is C/C=C/C(=O)NC1=NN(c2ccc(Cl)c(Cl)c2)C[C@@H]1C. The van der Waals surface area contributed by atoms with Crippen molar-refractivity contribution in [2.45, 2.75) is 13.8 Å². The Balaban J connectivity index is 2.17. The minimum absolute atomic E-state index is 0.138. The maximum Gasteiger partial charge on any atom is 0.248 e. The second kappa shape index (κ2) is 6.29. The zero-order chi connectivity index (χ0) is 14.7. The molecule has 0 aliphatic carbocycles. The number of carbonyl (C=O) groups excluding carboxylic acids is 1. The standard InChI is InChI=1S/C14H15Cl2N3O/c1-3-4-13(20)17-14-9(2)8-19(18-14)10-5-6-11(15)12(16)7-10/h3-7,9H,8H2,1-2H3,(H,17,18,20)/b4-3+/t9-/m0/s1. The fourth-order valence-electron chi connectivity index (χ4n) is 1.89. The van der Waals surface area contributed by atoms with E-state index in [4.69, 9.17) is 23.2 Å². The Labute approximate surface area is 128 Å². The summed E-state index contributed by atoms with van der Waals surface area (Å²) in [6, 6.07) is 5.34. The minimum atomic E-state index is -0.172. The Kier molecular flexibility index (Phi) is 4.68. The van der Waals surface area contributed by atoms with E-state index >= 15 is 0 Å². The molecule has 1 aliphatic heterocycles. The van der Waals surface area contributed by atoms with Crippen LogP contribution in [0.4, 0.5) is 5.69 Å². The van der Waals surface area contributed by atoms with E-state index in [0.717, 1.165) is 5.69 Å². The highest BCUT2D eigenvalue weighted by atomic mass is 35.5. The normalized spacial score (nSPS) is 18.5. The Bertz CT molecular complexity index is 584. The maximum absolute atomic E-state index is 11.6. The maximum atomic E-state index is 11.6. The van der Waals surface area contributed by atoms with Gasteiger partial charge in [0.2, 0.25) is 5.91 Å². The van der Waals surface area contributed by atoms with Gasteiger partial charge in [-0.15, -0.1) is 0 Å². The number of allylic oxidation sites excluding steroid dienone is 1. The zero-order valence-electron chi connectivity index (χ0n) is 11.2. The molecule has 0 saturated carbocycles. The smallest absolute Gasteiger partial charge is 0.248 e.